The third kappa shape index (κ3) is 2.68. The smallest absolute Gasteiger partial charge is 0.143 e. The Balaban J connectivity index is 1.95. The van der Waals surface area contributed by atoms with Crippen molar-refractivity contribution in [1.29, 1.82) is 5.26 Å². The van der Waals surface area contributed by atoms with Crippen molar-refractivity contribution in [3.63, 3.8) is 0 Å². The van der Waals surface area contributed by atoms with Crippen LogP contribution in [0.1, 0.15) is 23.6 Å². The fourth-order valence-corrected chi connectivity index (χ4v) is 2.94. The Morgan fingerprint density at radius 1 is 1.23 bits per heavy atom. The van der Waals surface area contributed by atoms with Gasteiger partial charge in [-0.2, -0.15) is 5.26 Å². The van der Waals surface area contributed by atoms with E-state index in [0.29, 0.717) is 5.69 Å². The first-order chi connectivity index (χ1) is 10.7. The number of halogens is 1. The molecule has 0 atom stereocenters. The monoisotopic (exact) mass is 295 g/mol. The summed E-state index contributed by atoms with van der Waals surface area (Å²) in [6, 6.07) is 12.7. The number of hydrogen-bond donors (Lipinski definition) is 1. The minimum Gasteiger partial charge on any atom is -0.354 e. The molecule has 0 saturated carbocycles. The number of hydrogen-bond acceptors (Lipinski definition) is 3. The van der Waals surface area contributed by atoms with Crippen molar-refractivity contribution in [3.8, 4) is 6.07 Å². The van der Waals surface area contributed by atoms with Crippen LogP contribution in [-0.4, -0.2) is 18.0 Å². The van der Waals surface area contributed by atoms with Crippen molar-refractivity contribution < 1.29 is 4.39 Å². The lowest BCUT2D eigenvalue weighted by Gasteiger charge is -2.29. The molecule has 3 nitrogen and oxygen atoms in total. The van der Waals surface area contributed by atoms with E-state index in [0.717, 1.165) is 31.7 Å². The molecule has 0 bridgehead atoms. The molecule has 1 heterocycles. The van der Waals surface area contributed by atoms with Gasteiger partial charge in [-0.3, -0.25) is 4.90 Å². The van der Waals surface area contributed by atoms with E-state index < -0.39 is 5.82 Å². The first-order valence-corrected chi connectivity index (χ1v) is 7.51. The predicted octanol–water partition coefficient (Wildman–Crippen LogP) is 3.82. The lowest BCUT2D eigenvalue weighted by molar-refractivity contribution is 0.268. The van der Waals surface area contributed by atoms with Crippen LogP contribution in [0.3, 0.4) is 0 Å². The molecule has 0 aliphatic carbocycles. The SMILES string of the molecule is CCN1CCc2c(cccc2Nc2cccc(F)c2C#N)C1. The maximum atomic E-state index is 13.7. The molecule has 112 valence electrons. The van der Waals surface area contributed by atoms with Gasteiger partial charge < -0.3 is 5.32 Å². The minimum absolute atomic E-state index is 0.0612. The highest BCUT2D eigenvalue weighted by atomic mass is 19.1. The summed E-state index contributed by atoms with van der Waals surface area (Å²) in [5, 5.41) is 12.4. The van der Waals surface area contributed by atoms with Gasteiger partial charge in [0.25, 0.3) is 0 Å². The fraction of sp³-hybridized carbons (Fsp3) is 0.278. The Hall–Kier alpha value is -2.38. The van der Waals surface area contributed by atoms with Crippen molar-refractivity contribution in [2.45, 2.75) is 19.9 Å². The Morgan fingerprint density at radius 3 is 2.77 bits per heavy atom. The van der Waals surface area contributed by atoms with E-state index >= 15 is 0 Å². The molecule has 3 rings (SSSR count). The van der Waals surface area contributed by atoms with E-state index in [4.69, 9.17) is 5.26 Å². The van der Waals surface area contributed by atoms with Crippen LogP contribution in [-0.2, 0) is 13.0 Å². The van der Waals surface area contributed by atoms with Crippen molar-refractivity contribution >= 4 is 11.4 Å². The predicted molar refractivity (Wildman–Crippen MR) is 85.5 cm³/mol. The summed E-state index contributed by atoms with van der Waals surface area (Å²) in [7, 11) is 0. The Bertz CT molecular complexity index is 734. The van der Waals surface area contributed by atoms with E-state index in [1.807, 2.05) is 18.2 Å². The summed E-state index contributed by atoms with van der Waals surface area (Å²) in [6.07, 6.45) is 0.962. The molecule has 1 aliphatic rings. The summed E-state index contributed by atoms with van der Waals surface area (Å²) in [4.78, 5) is 2.40. The number of likely N-dealkylation sites (N-methyl/N-ethyl adjacent to an activating group) is 1. The summed E-state index contributed by atoms with van der Waals surface area (Å²) < 4.78 is 13.7. The number of rotatable bonds is 3. The maximum absolute atomic E-state index is 13.7. The quantitative estimate of drug-likeness (QED) is 0.935. The fourth-order valence-electron chi connectivity index (χ4n) is 2.94. The molecule has 0 spiro atoms. The molecule has 1 aliphatic heterocycles. The first-order valence-electron chi connectivity index (χ1n) is 7.51. The Labute approximate surface area is 130 Å². The molecule has 2 aromatic rings. The van der Waals surface area contributed by atoms with Gasteiger partial charge in [-0.25, -0.2) is 4.39 Å². The zero-order chi connectivity index (χ0) is 15.5. The number of benzene rings is 2. The second-order valence-electron chi connectivity index (χ2n) is 5.46. The lowest BCUT2D eigenvalue weighted by Crippen LogP contribution is -2.30. The standard InChI is InChI=1S/C18H18FN3/c1-2-22-10-9-14-13(12-22)5-3-7-17(14)21-18-8-4-6-16(19)15(18)11-20/h3-8,21H,2,9-10,12H2,1H3. The third-order valence-corrected chi connectivity index (χ3v) is 4.19. The van der Waals surface area contributed by atoms with E-state index in [2.05, 4.69) is 23.2 Å². The van der Waals surface area contributed by atoms with Crippen LogP contribution in [0.15, 0.2) is 36.4 Å². The van der Waals surface area contributed by atoms with Gasteiger partial charge in [0.2, 0.25) is 0 Å². The second-order valence-corrected chi connectivity index (χ2v) is 5.46. The van der Waals surface area contributed by atoms with Gasteiger partial charge >= 0.3 is 0 Å². The molecule has 4 heteroatoms. The number of nitrogens with one attached hydrogen (secondary N) is 1. The van der Waals surface area contributed by atoms with Crippen LogP contribution in [0.25, 0.3) is 0 Å². The van der Waals surface area contributed by atoms with Crippen molar-refractivity contribution in [2.24, 2.45) is 0 Å². The summed E-state index contributed by atoms with van der Waals surface area (Å²) in [5.74, 6) is -0.491. The van der Waals surface area contributed by atoms with Crippen LogP contribution in [0.2, 0.25) is 0 Å². The van der Waals surface area contributed by atoms with Crippen LogP contribution in [0.5, 0.6) is 0 Å². The zero-order valence-corrected chi connectivity index (χ0v) is 12.6. The highest BCUT2D eigenvalue weighted by molar-refractivity contribution is 5.70. The summed E-state index contributed by atoms with van der Waals surface area (Å²) in [6.45, 7) is 5.17. The number of nitrogens with zero attached hydrogens (tertiary/aromatic N) is 2. The van der Waals surface area contributed by atoms with Crippen LogP contribution < -0.4 is 5.32 Å². The van der Waals surface area contributed by atoms with Crippen LogP contribution >= 0.6 is 0 Å². The molecular weight excluding hydrogens is 277 g/mol. The van der Waals surface area contributed by atoms with Gasteiger partial charge in [0.05, 0.1) is 5.69 Å². The maximum Gasteiger partial charge on any atom is 0.143 e. The molecular formula is C18H18FN3. The molecule has 0 radical (unpaired) electrons. The molecule has 2 aromatic carbocycles. The Kier molecular flexibility index (Phi) is 4.08. The summed E-state index contributed by atoms with van der Waals surface area (Å²) in [5.41, 5.74) is 4.11. The molecule has 0 amide bonds. The van der Waals surface area contributed by atoms with Gasteiger partial charge in [0.1, 0.15) is 17.4 Å². The van der Waals surface area contributed by atoms with E-state index in [9.17, 15) is 4.39 Å². The number of fused-ring (bicyclic) bond motifs is 1. The van der Waals surface area contributed by atoms with Crippen LogP contribution in [0.4, 0.5) is 15.8 Å². The highest BCUT2D eigenvalue weighted by Crippen LogP contribution is 2.30. The van der Waals surface area contributed by atoms with E-state index in [-0.39, 0.29) is 5.56 Å². The normalized spacial score (nSPS) is 14.2. The summed E-state index contributed by atoms with van der Waals surface area (Å²) >= 11 is 0. The molecule has 0 saturated heterocycles. The third-order valence-electron chi connectivity index (χ3n) is 4.19. The van der Waals surface area contributed by atoms with Gasteiger partial charge in [-0.05, 0) is 42.3 Å². The topological polar surface area (TPSA) is 39.1 Å². The molecule has 1 N–H and O–H groups in total. The van der Waals surface area contributed by atoms with Gasteiger partial charge in [0, 0.05) is 18.8 Å². The average molecular weight is 295 g/mol. The number of anilines is 2. The minimum atomic E-state index is -0.491. The van der Waals surface area contributed by atoms with Gasteiger partial charge in [-0.15, -0.1) is 0 Å². The first kappa shape index (κ1) is 14.6. The van der Waals surface area contributed by atoms with E-state index in [1.165, 1.54) is 17.2 Å². The Morgan fingerprint density at radius 2 is 2.00 bits per heavy atom. The van der Waals surface area contributed by atoms with Gasteiger partial charge in [0.15, 0.2) is 0 Å². The second kappa shape index (κ2) is 6.17. The molecule has 0 aromatic heterocycles. The molecule has 0 fully saturated rings. The molecule has 0 unspecified atom stereocenters. The largest absolute Gasteiger partial charge is 0.354 e. The van der Waals surface area contributed by atoms with Crippen molar-refractivity contribution in [2.75, 3.05) is 18.4 Å². The zero-order valence-electron chi connectivity index (χ0n) is 12.6. The van der Waals surface area contributed by atoms with E-state index in [1.54, 1.807) is 12.1 Å². The number of nitriles is 1. The molecule has 22 heavy (non-hydrogen) atoms. The highest BCUT2D eigenvalue weighted by Gasteiger charge is 2.18. The van der Waals surface area contributed by atoms with Gasteiger partial charge in [-0.1, -0.05) is 25.1 Å². The lowest BCUT2D eigenvalue weighted by atomic mass is 9.97. The van der Waals surface area contributed by atoms with Crippen molar-refractivity contribution in [3.05, 3.63) is 58.9 Å². The van der Waals surface area contributed by atoms with Crippen LogP contribution in [0, 0.1) is 17.1 Å². The average Bonchev–Trinajstić information content (AvgIpc) is 2.55. The van der Waals surface area contributed by atoms with Crippen molar-refractivity contribution in [1.82, 2.24) is 4.90 Å².